The topological polar surface area (TPSA) is 178 Å². The first-order valence-corrected chi connectivity index (χ1v) is 28.4. The van der Waals surface area contributed by atoms with Gasteiger partial charge in [0.05, 0.1) is 19.8 Å². The van der Waals surface area contributed by atoms with Gasteiger partial charge in [0.1, 0.15) is 30.5 Å². The van der Waals surface area contributed by atoms with E-state index in [1.807, 2.05) is 0 Å². The van der Waals surface area contributed by atoms with Crippen LogP contribution in [0.3, 0.4) is 0 Å². The molecule has 4 N–H and O–H groups in total. The summed E-state index contributed by atoms with van der Waals surface area (Å²) in [5.41, 5.74) is 0. The predicted molar refractivity (Wildman–Crippen MR) is 285 cm³/mol. The van der Waals surface area contributed by atoms with Crippen LogP contribution in [0.2, 0.25) is 0 Å². The summed E-state index contributed by atoms with van der Waals surface area (Å²) < 4.78 is 59.2. The molecule has 0 bridgehead atoms. The second-order valence-electron chi connectivity index (χ2n) is 18.1. The highest BCUT2D eigenvalue weighted by Crippen LogP contribution is 2.26. The van der Waals surface area contributed by atoms with Crippen LogP contribution in [0.15, 0.2) is 97.2 Å². The van der Waals surface area contributed by atoms with Gasteiger partial charge in [-0.3, -0.25) is 9.35 Å². The van der Waals surface area contributed by atoms with Crippen LogP contribution in [0, 0.1) is 0 Å². The Labute approximate surface area is 425 Å². The van der Waals surface area contributed by atoms with Gasteiger partial charge in [0.2, 0.25) is 0 Å². The van der Waals surface area contributed by atoms with Crippen molar-refractivity contribution in [2.75, 3.05) is 26.4 Å². The van der Waals surface area contributed by atoms with E-state index in [4.69, 9.17) is 18.9 Å². The fraction of sp³-hybridized carbons (Fsp3) is 0.702. The van der Waals surface area contributed by atoms with Crippen LogP contribution in [0.25, 0.3) is 0 Å². The molecule has 13 heteroatoms. The SMILES string of the molecule is CC/C=C\C/C=C\C/C=C\C/C=C\C/C=C\C/C=C\CCCOCC(COC1OC(CO)C(O)C(OS(=O)(=O)O)C1O)OC(=O)CCCCCCCCCCCCC/C=C\C/C=C\CCCCCCC. The van der Waals surface area contributed by atoms with Gasteiger partial charge in [-0.25, -0.2) is 4.18 Å². The van der Waals surface area contributed by atoms with E-state index in [-0.39, 0.29) is 19.6 Å². The molecule has 70 heavy (non-hydrogen) atoms. The van der Waals surface area contributed by atoms with E-state index in [1.165, 1.54) is 89.9 Å². The lowest BCUT2D eigenvalue weighted by molar-refractivity contribution is -0.301. The Bertz CT molecular complexity index is 1580. The largest absolute Gasteiger partial charge is 0.457 e. The molecule has 1 saturated heterocycles. The Hall–Kier alpha value is -2.98. The number of ether oxygens (including phenoxy) is 4. The number of unbranched alkanes of at least 4 members (excludes halogenated alkanes) is 17. The molecule has 12 nitrogen and oxygen atoms in total. The molecule has 6 atom stereocenters. The van der Waals surface area contributed by atoms with E-state index in [9.17, 15) is 33.1 Å². The van der Waals surface area contributed by atoms with Gasteiger partial charge in [-0.1, -0.05) is 195 Å². The number of hydrogen-bond acceptors (Lipinski definition) is 11. The summed E-state index contributed by atoms with van der Waals surface area (Å²) in [6.45, 7) is 3.71. The molecule has 0 aliphatic carbocycles. The number of esters is 1. The van der Waals surface area contributed by atoms with E-state index in [0.29, 0.717) is 13.0 Å². The lowest BCUT2D eigenvalue weighted by Gasteiger charge is -2.41. The van der Waals surface area contributed by atoms with Crippen molar-refractivity contribution in [3.63, 3.8) is 0 Å². The number of carbonyl (C=O) groups excluding carboxylic acids is 1. The highest BCUT2D eigenvalue weighted by atomic mass is 32.3. The fourth-order valence-corrected chi connectivity index (χ4v) is 8.17. The molecule has 0 amide bonds. The van der Waals surface area contributed by atoms with Gasteiger partial charge in [0.15, 0.2) is 6.29 Å². The predicted octanol–water partition coefficient (Wildman–Crippen LogP) is 13.0. The summed E-state index contributed by atoms with van der Waals surface area (Å²) in [6.07, 6.45) is 55.9. The van der Waals surface area contributed by atoms with Crippen molar-refractivity contribution in [3.8, 4) is 0 Å². The Morgan fingerprint density at radius 1 is 0.557 bits per heavy atom. The summed E-state index contributed by atoms with van der Waals surface area (Å²) in [5.74, 6) is -0.424. The van der Waals surface area contributed by atoms with Crippen molar-refractivity contribution in [1.82, 2.24) is 0 Å². The third-order valence-electron chi connectivity index (χ3n) is 11.7. The quantitative estimate of drug-likeness (QED) is 0.0197. The molecule has 1 aliphatic heterocycles. The van der Waals surface area contributed by atoms with E-state index in [0.717, 1.165) is 77.0 Å². The summed E-state index contributed by atoms with van der Waals surface area (Å²) in [7, 11) is -5.08. The molecule has 1 aliphatic rings. The van der Waals surface area contributed by atoms with Gasteiger partial charge in [-0.15, -0.1) is 0 Å². The zero-order valence-electron chi connectivity index (χ0n) is 43.3. The Balaban J connectivity index is 2.39. The molecule has 1 rings (SSSR count). The highest BCUT2D eigenvalue weighted by Gasteiger charge is 2.48. The third-order valence-corrected chi connectivity index (χ3v) is 12.2. The summed E-state index contributed by atoms with van der Waals surface area (Å²) in [5, 5.41) is 30.8. The van der Waals surface area contributed by atoms with Crippen LogP contribution >= 0.6 is 0 Å². The van der Waals surface area contributed by atoms with Crippen molar-refractivity contribution in [3.05, 3.63) is 97.2 Å². The Morgan fingerprint density at radius 2 is 0.986 bits per heavy atom. The normalized spacial score (nSPS) is 19.9. The minimum atomic E-state index is -5.08. The minimum absolute atomic E-state index is 0.0103. The maximum atomic E-state index is 12.9. The second-order valence-corrected chi connectivity index (χ2v) is 19.1. The first-order chi connectivity index (χ1) is 34.1. The molecule has 0 aromatic carbocycles. The smallest absolute Gasteiger partial charge is 0.397 e. The lowest BCUT2D eigenvalue weighted by Crippen LogP contribution is -2.60. The van der Waals surface area contributed by atoms with Crippen LogP contribution < -0.4 is 0 Å². The van der Waals surface area contributed by atoms with Gasteiger partial charge >= 0.3 is 16.4 Å². The molecule has 1 fully saturated rings. The molecule has 0 spiro atoms. The van der Waals surface area contributed by atoms with E-state index in [2.05, 4.69) is 115 Å². The van der Waals surface area contributed by atoms with Crippen molar-refractivity contribution >= 4 is 16.4 Å². The Morgan fingerprint density at radius 3 is 1.44 bits per heavy atom. The van der Waals surface area contributed by atoms with Crippen LogP contribution in [0.5, 0.6) is 0 Å². The molecule has 402 valence electrons. The molecule has 0 saturated carbocycles. The first kappa shape index (κ1) is 65.0. The zero-order valence-corrected chi connectivity index (χ0v) is 44.1. The van der Waals surface area contributed by atoms with Crippen molar-refractivity contribution in [2.45, 2.75) is 230 Å². The van der Waals surface area contributed by atoms with Crippen molar-refractivity contribution < 1.29 is 56.2 Å². The lowest BCUT2D eigenvalue weighted by atomic mass is 9.99. The number of rotatable bonds is 46. The van der Waals surface area contributed by atoms with Crippen LogP contribution in [0.4, 0.5) is 0 Å². The van der Waals surface area contributed by atoms with Gasteiger partial charge in [-0.2, -0.15) is 8.42 Å². The average molecular weight is 1010 g/mol. The molecule has 1 heterocycles. The first-order valence-electron chi connectivity index (χ1n) is 27.0. The highest BCUT2D eigenvalue weighted by molar-refractivity contribution is 7.80. The van der Waals surface area contributed by atoms with E-state index < -0.39 is 59.8 Å². The van der Waals surface area contributed by atoms with Crippen molar-refractivity contribution in [1.29, 1.82) is 0 Å². The van der Waals surface area contributed by atoms with E-state index in [1.54, 1.807) is 0 Å². The van der Waals surface area contributed by atoms with E-state index >= 15 is 0 Å². The van der Waals surface area contributed by atoms with Crippen LogP contribution in [-0.2, 0) is 38.3 Å². The van der Waals surface area contributed by atoms with Crippen molar-refractivity contribution in [2.24, 2.45) is 0 Å². The third kappa shape index (κ3) is 39.6. The van der Waals surface area contributed by atoms with Crippen LogP contribution in [-0.4, -0.2) is 97.5 Å². The van der Waals surface area contributed by atoms with Crippen LogP contribution in [0.1, 0.15) is 194 Å². The number of allylic oxidation sites excluding steroid dienone is 16. The van der Waals surface area contributed by atoms with Gasteiger partial charge in [0.25, 0.3) is 0 Å². The second kappa shape index (κ2) is 47.1. The van der Waals surface area contributed by atoms with Gasteiger partial charge in [-0.05, 0) is 89.9 Å². The molecule has 6 unspecified atom stereocenters. The standard InChI is InChI=1S/C57H96O12S/c1-3-5-7-9-11-13-15-17-19-21-23-25-26-27-28-30-32-34-36-38-40-42-44-46-53(59)67-51(50-66-57-55(61)56(69-70(62,63)64)54(60)52(48-58)68-57)49-65-47-45-43-41-39-37-35-33-31-29-24-22-20-18-16-14-12-10-8-6-4-2/h6,8,12,14-15,17-18,20-21,23-24,29,33,35,39,41,51-52,54-58,60-61H,3-5,7,9-11,13,16,19,22,25-28,30-32,34,36-38,40,42-50H2,1-2H3,(H,62,63,64)/b8-6-,14-12-,17-15-,20-18-,23-21-,29-24-,35-33-,41-39-. The molecule has 0 aromatic rings. The summed E-state index contributed by atoms with van der Waals surface area (Å²) in [6, 6.07) is 0. The molecular formula is C57H96O12S. The summed E-state index contributed by atoms with van der Waals surface area (Å²) in [4.78, 5) is 12.9. The molecule has 0 aromatic heterocycles. The maximum Gasteiger partial charge on any atom is 0.397 e. The van der Waals surface area contributed by atoms with Gasteiger partial charge < -0.3 is 34.3 Å². The number of hydrogen-bond donors (Lipinski definition) is 4. The number of carbonyl (C=O) groups is 1. The number of aliphatic hydroxyl groups is 3. The number of aliphatic hydroxyl groups excluding tert-OH is 3. The minimum Gasteiger partial charge on any atom is -0.457 e. The average Bonchev–Trinajstić information content (AvgIpc) is 3.34. The molecule has 0 radical (unpaired) electrons. The molecular weight excluding hydrogens is 909 g/mol. The van der Waals surface area contributed by atoms with Gasteiger partial charge in [0, 0.05) is 13.0 Å². The fourth-order valence-electron chi connectivity index (χ4n) is 7.66. The monoisotopic (exact) mass is 1000 g/mol. The zero-order chi connectivity index (χ0) is 51.0. The summed E-state index contributed by atoms with van der Waals surface area (Å²) >= 11 is 0. The maximum absolute atomic E-state index is 12.9. The Kier molecular flexibility index (Phi) is 43.7.